The maximum absolute atomic E-state index is 8.83. The molecule has 1 fully saturated rings. The summed E-state index contributed by atoms with van der Waals surface area (Å²) in [4.78, 5) is 0. The first-order valence-electron chi connectivity index (χ1n) is 5.67. The summed E-state index contributed by atoms with van der Waals surface area (Å²) in [6.45, 7) is 2.02. The molecule has 1 aliphatic rings. The highest BCUT2D eigenvalue weighted by atomic mass is 16.5. The summed E-state index contributed by atoms with van der Waals surface area (Å²) in [7, 11) is 0. The van der Waals surface area contributed by atoms with Gasteiger partial charge in [-0.15, -0.1) is 0 Å². The van der Waals surface area contributed by atoms with Crippen LogP contribution in [-0.4, -0.2) is 23.1 Å². The van der Waals surface area contributed by atoms with Crippen LogP contribution in [0.15, 0.2) is 35.5 Å². The Bertz CT molecular complexity index is 361. The Morgan fingerprint density at radius 3 is 2.75 bits per heavy atom. The summed E-state index contributed by atoms with van der Waals surface area (Å²) < 4.78 is 5.83. The average Bonchev–Trinajstić information content (AvgIpc) is 2.29. The quantitative estimate of drug-likeness (QED) is 0.613. The first kappa shape index (κ1) is 11.1. The molecule has 0 aromatic heterocycles. The first-order valence-corrected chi connectivity index (χ1v) is 5.67. The number of nitrogens with zero attached hydrogens (tertiary/aromatic N) is 1. The Morgan fingerprint density at radius 2 is 2.06 bits per heavy atom. The molecule has 1 saturated heterocycles. The van der Waals surface area contributed by atoms with Crippen LogP contribution in [0, 0.1) is 0 Å². The van der Waals surface area contributed by atoms with Gasteiger partial charge >= 0.3 is 0 Å². The molecule has 1 N–H and O–H groups in total. The third kappa shape index (κ3) is 2.83. The zero-order chi connectivity index (χ0) is 11.4. The fourth-order valence-corrected chi connectivity index (χ4v) is 2.18. The molecule has 2 atom stereocenters. The third-order valence-corrected chi connectivity index (χ3v) is 2.86. The van der Waals surface area contributed by atoms with Crippen molar-refractivity contribution < 1.29 is 9.94 Å². The van der Waals surface area contributed by atoms with Crippen molar-refractivity contribution in [1.82, 2.24) is 0 Å². The van der Waals surface area contributed by atoms with Crippen molar-refractivity contribution in [2.24, 2.45) is 5.16 Å². The highest BCUT2D eigenvalue weighted by molar-refractivity contribution is 5.85. The second-order valence-electron chi connectivity index (χ2n) is 4.33. The standard InChI is InChI=1S/C13H17NO2/c1-10-7-12(14-15)9-13(16-10)8-11-5-3-2-4-6-11/h2-6,10,13,15H,7-9H2,1H3/b14-12-. The second kappa shape index (κ2) is 5.12. The summed E-state index contributed by atoms with van der Waals surface area (Å²) in [5.41, 5.74) is 2.11. The number of ether oxygens (including phenoxy) is 1. The summed E-state index contributed by atoms with van der Waals surface area (Å²) in [5.74, 6) is 0. The molecular weight excluding hydrogens is 202 g/mol. The van der Waals surface area contributed by atoms with Gasteiger partial charge in [0, 0.05) is 12.8 Å². The Kier molecular flexibility index (Phi) is 3.57. The van der Waals surface area contributed by atoms with Crippen LogP contribution in [0.4, 0.5) is 0 Å². The van der Waals surface area contributed by atoms with Gasteiger partial charge < -0.3 is 9.94 Å². The Labute approximate surface area is 95.7 Å². The van der Waals surface area contributed by atoms with Crippen LogP contribution < -0.4 is 0 Å². The molecule has 3 nitrogen and oxygen atoms in total. The number of rotatable bonds is 2. The fraction of sp³-hybridized carbons (Fsp3) is 0.462. The van der Waals surface area contributed by atoms with Gasteiger partial charge in [-0.2, -0.15) is 0 Å². The Balaban J connectivity index is 2.00. The van der Waals surface area contributed by atoms with Crippen LogP contribution >= 0.6 is 0 Å². The molecule has 3 heteroatoms. The summed E-state index contributed by atoms with van der Waals surface area (Å²) in [6.07, 6.45) is 2.63. The SMILES string of the molecule is CC1C/C(=N/O)CC(Cc2ccccc2)O1. The van der Waals surface area contributed by atoms with Gasteiger partial charge in [-0.1, -0.05) is 35.5 Å². The molecule has 0 aliphatic carbocycles. The highest BCUT2D eigenvalue weighted by Gasteiger charge is 2.24. The van der Waals surface area contributed by atoms with Gasteiger partial charge in [0.1, 0.15) is 0 Å². The normalized spacial score (nSPS) is 28.2. The predicted molar refractivity (Wildman–Crippen MR) is 62.9 cm³/mol. The molecule has 2 unspecified atom stereocenters. The molecule has 86 valence electrons. The minimum atomic E-state index is 0.136. The van der Waals surface area contributed by atoms with Crippen LogP contribution in [0.25, 0.3) is 0 Å². The van der Waals surface area contributed by atoms with E-state index >= 15 is 0 Å². The van der Waals surface area contributed by atoms with E-state index in [-0.39, 0.29) is 12.2 Å². The molecule has 16 heavy (non-hydrogen) atoms. The topological polar surface area (TPSA) is 41.8 Å². The van der Waals surface area contributed by atoms with Crippen LogP contribution in [0.5, 0.6) is 0 Å². The van der Waals surface area contributed by atoms with Crippen molar-refractivity contribution in [3.8, 4) is 0 Å². The van der Waals surface area contributed by atoms with Crippen molar-refractivity contribution in [1.29, 1.82) is 0 Å². The van der Waals surface area contributed by atoms with Crippen LogP contribution in [0.3, 0.4) is 0 Å². The minimum Gasteiger partial charge on any atom is -0.411 e. The molecule has 1 heterocycles. The minimum absolute atomic E-state index is 0.136. The maximum atomic E-state index is 8.83. The largest absolute Gasteiger partial charge is 0.411 e. The summed E-state index contributed by atoms with van der Waals surface area (Å²) >= 11 is 0. The molecule has 1 aromatic carbocycles. The van der Waals surface area contributed by atoms with E-state index in [0.29, 0.717) is 0 Å². The molecule has 0 radical (unpaired) electrons. The lowest BCUT2D eigenvalue weighted by atomic mass is 9.97. The molecule has 0 bridgehead atoms. The number of benzene rings is 1. The number of hydrogen-bond donors (Lipinski definition) is 1. The van der Waals surface area contributed by atoms with Gasteiger partial charge in [-0.05, 0) is 18.9 Å². The van der Waals surface area contributed by atoms with Crippen LogP contribution in [-0.2, 0) is 11.2 Å². The van der Waals surface area contributed by atoms with E-state index in [2.05, 4.69) is 17.3 Å². The van der Waals surface area contributed by atoms with Gasteiger partial charge in [-0.25, -0.2) is 0 Å². The zero-order valence-corrected chi connectivity index (χ0v) is 9.47. The van der Waals surface area contributed by atoms with Crippen molar-refractivity contribution in [3.05, 3.63) is 35.9 Å². The molecule has 1 aliphatic heterocycles. The monoisotopic (exact) mass is 219 g/mol. The van der Waals surface area contributed by atoms with Gasteiger partial charge in [-0.3, -0.25) is 0 Å². The molecule has 0 saturated carbocycles. The highest BCUT2D eigenvalue weighted by Crippen LogP contribution is 2.20. The van der Waals surface area contributed by atoms with Gasteiger partial charge in [0.05, 0.1) is 17.9 Å². The Hall–Kier alpha value is -1.35. The second-order valence-corrected chi connectivity index (χ2v) is 4.33. The third-order valence-electron chi connectivity index (χ3n) is 2.86. The van der Waals surface area contributed by atoms with Crippen molar-refractivity contribution in [2.75, 3.05) is 0 Å². The van der Waals surface area contributed by atoms with Crippen molar-refractivity contribution >= 4 is 5.71 Å². The van der Waals surface area contributed by atoms with Crippen LogP contribution in [0.1, 0.15) is 25.3 Å². The van der Waals surface area contributed by atoms with Gasteiger partial charge in [0.25, 0.3) is 0 Å². The summed E-state index contributed by atoms with van der Waals surface area (Å²) in [6, 6.07) is 10.3. The van der Waals surface area contributed by atoms with E-state index in [4.69, 9.17) is 9.94 Å². The molecule has 2 rings (SSSR count). The van der Waals surface area contributed by atoms with E-state index in [1.165, 1.54) is 5.56 Å². The first-order chi connectivity index (χ1) is 7.78. The lowest BCUT2D eigenvalue weighted by Crippen LogP contribution is -2.32. The van der Waals surface area contributed by atoms with Crippen molar-refractivity contribution in [2.45, 2.75) is 38.4 Å². The van der Waals surface area contributed by atoms with E-state index in [1.807, 2.05) is 25.1 Å². The predicted octanol–water partition coefficient (Wildman–Crippen LogP) is 2.63. The molecule has 1 aromatic rings. The molecule has 0 spiro atoms. The fourth-order valence-electron chi connectivity index (χ4n) is 2.18. The van der Waals surface area contributed by atoms with Crippen LogP contribution in [0.2, 0.25) is 0 Å². The van der Waals surface area contributed by atoms with Gasteiger partial charge in [0.15, 0.2) is 0 Å². The molecule has 0 amide bonds. The number of oxime groups is 1. The summed E-state index contributed by atoms with van der Waals surface area (Å²) in [5, 5.41) is 12.2. The maximum Gasteiger partial charge on any atom is 0.0672 e. The smallest absolute Gasteiger partial charge is 0.0672 e. The lowest BCUT2D eigenvalue weighted by Gasteiger charge is -2.28. The van der Waals surface area contributed by atoms with E-state index in [0.717, 1.165) is 25.0 Å². The van der Waals surface area contributed by atoms with Gasteiger partial charge in [0.2, 0.25) is 0 Å². The van der Waals surface area contributed by atoms with E-state index in [1.54, 1.807) is 0 Å². The van der Waals surface area contributed by atoms with E-state index < -0.39 is 0 Å². The zero-order valence-electron chi connectivity index (χ0n) is 9.47. The lowest BCUT2D eigenvalue weighted by molar-refractivity contribution is -0.00752. The van der Waals surface area contributed by atoms with Crippen molar-refractivity contribution in [3.63, 3.8) is 0 Å². The number of hydrogen-bond acceptors (Lipinski definition) is 3. The van der Waals surface area contributed by atoms with E-state index in [9.17, 15) is 0 Å². The average molecular weight is 219 g/mol. The Morgan fingerprint density at radius 1 is 1.31 bits per heavy atom. The molecular formula is C13H17NO2.